The van der Waals surface area contributed by atoms with Gasteiger partial charge in [0.1, 0.15) is 11.2 Å². The van der Waals surface area contributed by atoms with Crippen LogP contribution in [0.3, 0.4) is 0 Å². The third-order valence-electron chi connectivity index (χ3n) is 14.6. The van der Waals surface area contributed by atoms with Gasteiger partial charge in [0.25, 0.3) is 0 Å². The van der Waals surface area contributed by atoms with E-state index < -0.39 is 0 Å². The zero-order chi connectivity index (χ0) is 48.1. The van der Waals surface area contributed by atoms with Crippen LogP contribution >= 0.6 is 0 Å². The van der Waals surface area contributed by atoms with E-state index in [0.717, 1.165) is 95.1 Å². The average molecular weight is 912 g/mol. The van der Waals surface area contributed by atoms with Gasteiger partial charge in [0.15, 0.2) is 11.2 Å². The van der Waals surface area contributed by atoms with Crippen LogP contribution in [0.4, 0.5) is 51.2 Å². The molecule has 1 aliphatic heterocycles. The highest BCUT2D eigenvalue weighted by molar-refractivity contribution is 6.12. The molecule has 0 N–H and O–H groups in total. The van der Waals surface area contributed by atoms with E-state index in [2.05, 4.69) is 258 Å². The lowest BCUT2D eigenvalue weighted by atomic mass is 9.73. The van der Waals surface area contributed by atoms with Crippen LogP contribution in [0.5, 0.6) is 0 Å². The molecule has 2 aromatic heterocycles. The summed E-state index contributed by atoms with van der Waals surface area (Å²) in [4.78, 5) is 7.21. The van der Waals surface area contributed by atoms with Gasteiger partial charge in [-0.15, -0.1) is 0 Å². The van der Waals surface area contributed by atoms with E-state index in [1.165, 1.54) is 22.3 Å². The molecule has 0 unspecified atom stereocenters. The molecule has 0 spiro atoms. The van der Waals surface area contributed by atoms with Gasteiger partial charge in [-0.1, -0.05) is 171 Å². The molecule has 1 aliphatic rings. The maximum Gasteiger partial charge on any atom is 0.159 e. The van der Waals surface area contributed by atoms with Crippen LogP contribution < -0.4 is 14.7 Å². The molecule has 5 nitrogen and oxygen atoms in total. The van der Waals surface area contributed by atoms with Gasteiger partial charge >= 0.3 is 0 Å². The lowest BCUT2D eigenvalue weighted by Crippen LogP contribution is -2.31. The molecule has 5 heteroatoms. The molecule has 344 valence electrons. The Morgan fingerprint density at radius 3 is 1.20 bits per heavy atom. The molecule has 9 aromatic carbocycles. The maximum absolute atomic E-state index is 6.78. The molecule has 0 amide bonds. The Bertz CT molecular complexity index is 3540. The Morgan fingerprint density at radius 2 is 0.771 bits per heavy atom. The van der Waals surface area contributed by atoms with Gasteiger partial charge in [0, 0.05) is 55.4 Å². The minimum Gasteiger partial charge on any atom is -0.454 e. The van der Waals surface area contributed by atoms with Crippen LogP contribution in [0.1, 0.15) is 77.6 Å². The lowest BCUT2D eigenvalue weighted by Gasteiger charge is -2.43. The molecule has 0 fully saturated rings. The van der Waals surface area contributed by atoms with Crippen molar-refractivity contribution in [3.05, 3.63) is 222 Å². The summed E-state index contributed by atoms with van der Waals surface area (Å²) < 4.78 is 13.6. The quantitative estimate of drug-likeness (QED) is 0.159. The number of fused-ring (bicyclic) bond motifs is 8. The van der Waals surface area contributed by atoms with E-state index in [9.17, 15) is 0 Å². The molecule has 11 aromatic rings. The highest BCUT2D eigenvalue weighted by atomic mass is 16.3. The molecular weight excluding hydrogens is 855 g/mol. The van der Waals surface area contributed by atoms with Crippen LogP contribution in [0.25, 0.3) is 43.9 Å². The van der Waals surface area contributed by atoms with Gasteiger partial charge in [-0.3, -0.25) is 0 Å². The monoisotopic (exact) mass is 911 g/mol. The van der Waals surface area contributed by atoms with Crippen molar-refractivity contribution >= 4 is 95.1 Å². The Labute approximate surface area is 410 Å². The van der Waals surface area contributed by atoms with Crippen molar-refractivity contribution in [2.24, 2.45) is 0 Å². The fourth-order valence-corrected chi connectivity index (χ4v) is 10.8. The van der Waals surface area contributed by atoms with Gasteiger partial charge in [-0.05, 0) is 118 Å². The topological polar surface area (TPSA) is 36.0 Å². The maximum atomic E-state index is 6.78. The Balaban J connectivity index is 1.08. The second-order valence-corrected chi connectivity index (χ2v) is 21.5. The van der Waals surface area contributed by atoms with E-state index in [-0.39, 0.29) is 16.2 Å². The van der Waals surface area contributed by atoms with Crippen molar-refractivity contribution in [2.75, 3.05) is 14.7 Å². The predicted molar refractivity (Wildman–Crippen MR) is 295 cm³/mol. The lowest BCUT2D eigenvalue weighted by molar-refractivity contribution is 0.590. The molecule has 0 atom stereocenters. The number of hydrogen-bond donors (Lipinski definition) is 0. The fraction of sp³-hybridized carbons (Fsp3) is 0.169. The van der Waals surface area contributed by atoms with Crippen molar-refractivity contribution in [1.29, 1.82) is 0 Å². The first-order valence-corrected chi connectivity index (χ1v) is 24.5. The largest absolute Gasteiger partial charge is 0.454 e. The van der Waals surface area contributed by atoms with Crippen LogP contribution in [-0.4, -0.2) is 0 Å². The third kappa shape index (κ3) is 7.05. The van der Waals surface area contributed by atoms with Crippen molar-refractivity contribution < 1.29 is 8.83 Å². The molecule has 12 rings (SSSR count). The number of rotatable bonds is 7. The number of benzene rings is 9. The molecule has 0 saturated heterocycles. The smallest absolute Gasteiger partial charge is 0.159 e. The fourth-order valence-electron chi connectivity index (χ4n) is 10.8. The highest BCUT2D eigenvalue weighted by Gasteiger charge is 2.38. The second-order valence-electron chi connectivity index (χ2n) is 21.5. The summed E-state index contributed by atoms with van der Waals surface area (Å²) in [5, 5.41) is 4.39. The zero-order valence-electron chi connectivity index (χ0n) is 41.2. The Morgan fingerprint density at radius 1 is 0.386 bits per heavy atom. The standard InChI is InChI=1S/C65H57N3O2/c1-63(2,3)42-28-32-45(33-29-42)66(55-24-16-22-51-49-20-12-14-26-59(49)69-61(51)55)47-36-38-53-57(40-47)68(44-18-10-9-11-19-44)58-41-48(37-39-54(58)65(53,7)8)67(46-34-30-43(31-35-46)64(4,5)6)56-25-17-23-52-50-21-13-15-27-60(50)70-62(52)56/h9-41H,1-8H3. The summed E-state index contributed by atoms with van der Waals surface area (Å²) in [7, 11) is 0. The zero-order valence-corrected chi connectivity index (χ0v) is 41.2. The predicted octanol–water partition coefficient (Wildman–Crippen LogP) is 19.1. The minimum absolute atomic E-state index is 0.00593. The normalized spacial score (nSPS) is 13.5. The van der Waals surface area contributed by atoms with Gasteiger partial charge < -0.3 is 23.5 Å². The molecule has 0 aliphatic carbocycles. The van der Waals surface area contributed by atoms with E-state index in [1.807, 2.05) is 12.1 Å². The van der Waals surface area contributed by atoms with E-state index in [1.54, 1.807) is 0 Å². The van der Waals surface area contributed by atoms with Gasteiger partial charge in [0.05, 0.1) is 22.7 Å². The Hall–Kier alpha value is -8.02. The first-order valence-electron chi connectivity index (χ1n) is 24.5. The van der Waals surface area contributed by atoms with Crippen molar-refractivity contribution in [2.45, 2.75) is 71.6 Å². The van der Waals surface area contributed by atoms with Crippen molar-refractivity contribution in [3.63, 3.8) is 0 Å². The molecule has 3 heterocycles. The second kappa shape index (κ2) is 16.0. The minimum atomic E-state index is -0.358. The van der Waals surface area contributed by atoms with Crippen LogP contribution in [-0.2, 0) is 16.2 Å². The number of para-hydroxylation sites is 5. The molecule has 0 saturated carbocycles. The summed E-state index contributed by atoms with van der Waals surface area (Å²) in [6.07, 6.45) is 0. The number of nitrogens with zero attached hydrogens (tertiary/aromatic N) is 3. The summed E-state index contributed by atoms with van der Waals surface area (Å²) in [6.45, 7) is 18.3. The van der Waals surface area contributed by atoms with Crippen molar-refractivity contribution in [3.8, 4) is 0 Å². The number of furan rings is 2. The summed E-state index contributed by atoms with van der Waals surface area (Å²) in [5.41, 5.74) is 17.6. The summed E-state index contributed by atoms with van der Waals surface area (Å²) in [5.74, 6) is 0. The highest BCUT2D eigenvalue weighted by Crippen LogP contribution is 2.56. The van der Waals surface area contributed by atoms with Gasteiger partial charge in [-0.2, -0.15) is 0 Å². The first kappa shape index (κ1) is 43.3. The molecule has 70 heavy (non-hydrogen) atoms. The van der Waals surface area contributed by atoms with E-state index >= 15 is 0 Å². The first-order chi connectivity index (χ1) is 33.7. The summed E-state index contributed by atoms with van der Waals surface area (Å²) >= 11 is 0. The van der Waals surface area contributed by atoms with Gasteiger partial charge in [-0.25, -0.2) is 0 Å². The van der Waals surface area contributed by atoms with Crippen LogP contribution in [0, 0.1) is 0 Å². The number of hydrogen-bond acceptors (Lipinski definition) is 5. The molecular formula is C65H57N3O2. The summed E-state index contributed by atoms with van der Waals surface area (Å²) in [6, 6.07) is 72.7. The SMILES string of the molecule is CC(C)(C)c1ccc(N(c2ccc3c(c2)N(c2ccccc2)c2cc(N(c4ccc(C(C)(C)C)cc4)c4cccc5c4oc4ccccc45)ccc2C3(C)C)c2cccc3c2oc2ccccc23)cc1. The molecule has 0 radical (unpaired) electrons. The third-order valence-corrected chi connectivity index (χ3v) is 14.6. The molecule has 0 bridgehead atoms. The van der Waals surface area contributed by atoms with E-state index in [4.69, 9.17) is 8.83 Å². The van der Waals surface area contributed by atoms with Crippen molar-refractivity contribution in [1.82, 2.24) is 0 Å². The number of anilines is 9. The van der Waals surface area contributed by atoms with Crippen LogP contribution in [0.2, 0.25) is 0 Å². The Kier molecular flexibility index (Phi) is 9.91. The van der Waals surface area contributed by atoms with Crippen LogP contribution in [0.15, 0.2) is 209 Å². The van der Waals surface area contributed by atoms with Gasteiger partial charge in [0.2, 0.25) is 0 Å². The van der Waals surface area contributed by atoms with E-state index in [0.29, 0.717) is 0 Å². The average Bonchev–Trinajstić information content (AvgIpc) is 3.94.